The molecule has 0 fully saturated rings. The molecule has 17 heavy (non-hydrogen) atoms. The van der Waals surface area contributed by atoms with Crippen molar-refractivity contribution in [3.63, 3.8) is 0 Å². The molecule has 0 saturated heterocycles. The van der Waals surface area contributed by atoms with Crippen molar-refractivity contribution >= 4 is 17.4 Å². The van der Waals surface area contributed by atoms with Crippen LogP contribution in [0.3, 0.4) is 0 Å². The third kappa shape index (κ3) is 4.34. The summed E-state index contributed by atoms with van der Waals surface area (Å²) in [6.45, 7) is 4.02. The Hall–Kier alpha value is -1.71. The Bertz CT molecular complexity index is 377. The van der Waals surface area contributed by atoms with Gasteiger partial charge in [0.05, 0.1) is 0 Å². The van der Waals surface area contributed by atoms with E-state index in [1.165, 1.54) is 0 Å². The molecule has 94 valence electrons. The molecule has 1 aromatic carbocycles. The van der Waals surface area contributed by atoms with Gasteiger partial charge in [0, 0.05) is 31.5 Å². The maximum Gasteiger partial charge on any atom is 0.319 e. The second kappa shape index (κ2) is 6.13. The molecular weight excluding hydrogens is 214 g/mol. The van der Waals surface area contributed by atoms with Crippen molar-refractivity contribution in [2.75, 3.05) is 24.3 Å². The second-order valence-electron chi connectivity index (χ2n) is 4.35. The van der Waals surface area contributed by atoms with E-state index in [0.29, 0.717) is 0 Å². The van der Waals surface area contributed by atoms with Gasteiger partial charge in [0.2, 0.25) is 0 Å². The predicted octanol–water partition coefficient (Wildman–Crippen LogP) is 2.67. The summed E-state index contributed by atoms with van der Waals surface area (Å²) >= 11 is 0. The van der Waals surface area contributed by atoms with Gasteiger partial charge in [-0.25, -0.2) is 4.79 Å². The number of rotatable bonds is 4. The van der Waals surface area contributed by atoms with Crippen molar-refractivity contribution in [1.82, 2.24) is 5.32 Å². The van der Waals surface area contributed by atoms with Crippen molar-refractivity contribution in [3.05, 3.63) is 24.3 Å². The number of hydrogen-bond acceptors (Lipinski definition) is 2. The molecule has 0 heterocycles. The number of nitrogens with one attached hydrogen (secondary N) is 2. The second-order valence-corrected chi connectivity index (χ2v) is 4.35. The zero-order valence-electron chi connectivity index (χ0n) is 10.9. The Labute approximate surface area is 103 Å². The van der Waals surface area contributed by atoms with Gasteiger partial charge >= 0.3 is 6.03 Å². The van der Waals surface area contributed by atoms with E-state index < -0.39 is 0 Å². The molecular formula is C13H21N3O. The van der Waals surface area contributed by atoms with Crippen molar-refractivity contribution in [2.45, 2.75) is 26.3 Å². The van der Waals surface area contributed by atoms with E-state index in [-0.39, 0.29) is 12.1 Å². The standard InChI is InChI=1S/C13H21N3O/c1-5-10(2)14-13(17)15-11-7-6-8-12(9-11)16(3)4/h6-10H,5H2,1-4H3,(H2,14,15,17). The van der Waals surface area contributed by atoms with Crippen LogP contribution >= 0.6 is 0 Å². The zero-order valence-corrected chi connectivity index (χ0v) is 10.9. The molecule has 0 spiro atoms. The highest BCUT2D eigenvalue weighted by atomic mass is 16.2. The molecule has 0 saturated carbocycles. The molecule has 1 aromatic rings. The summed E-state index contributed by atoms with van der Waals surface area (Å²) in [7, 11) is 3.94. The van der Waals surface area contributed by atoms with Crippen LogP contribution in [0.4, 0.5) is 16.2 Å². The topological polar surface area (TPSA) is 44.4 Å². The van der Waals surface area contributed by atoms with Crippen molar-refractivity contribution in [2.24, 2.45) is 0 Å². The summed E-state index contributed by atoms with van der Waals surface area (Å²) in [4.78, 5) is 13.6. The highest BCUT2D eigenvalue weighted by Crippen LogP contribution is 2.17. The molecule has 1 atom stereocenters. The maximum absolute atomic E-state index is 11.6. The predicted molar refractivity (Wildman–Crippen MR) is 72.7 cm³/mol. The van der Waals surface area contributed by atoms with Gasteiger partial charge < -0.3 is 15.5 Å². The maximum atomic E-state index is 11.6. The van der Waals surface area contributed by atoms with Gasteiger partial charge in [0.15, 0.2) is 0 Å². The van der Waals surface area contributed by atoms with Gasteiger partial charge in [-0.05, 0) is 31.5 Å². The number of amides is 2. The van der Waals surface area contributed by atoms with E-state index in [0.717, 1.165) is 17.8 Å². The Balaban J connectivity index is 2.62. The van der Waals surface area contributed by atoms with E-state index in [4.69, 9.17) is 0 Å². The average Bonchev–Trinajstić information content (AvgIpc) is 2.28. The molecule has 4 nitrogen and oxygen atoms in total. The van der Waals surface area contributed by atoms with Gasteiger partial charge in [-0.15, -0.1) is 0 Å². The first-order valence-corrected chi connectivity index (χ1v) is 5.87. The van der Waals surface area contributed by atoms with Gasteiger partial charge in [0.1, 0.15) is 0 Å². The quantitative estimate of drug-likeness (QED) is 0.842. The molecule has 2 amide bonds. The molecule has 1 rings (SSSR count). The van der Waals surface area contributed by atoms with Gasteiger partial charge in [-0.1, -0.05) is 13.0 Å². The fourth-order valence-electron chi connectivity index (χ4n) is 1.35. The molecule has 1 unspecified atom stereocenters. The minimum absolute atomic E-state index is 0.157. The van der Waals surface area contributed by atoms with E-state index in [1.807, 2.05) is 57.1 Å². The van der Waals surface area contributed by atoms with Crippen LogP contribution in [-0.4, -0.2) is 26.2 Å². The number of nitrogens with zero attached hydrogens (tertiary/aromatic N) is 1. The van der Waals surface area contributed by atoms with Gasteiger partial charge in [-0.2, -0.15) is 0 Å². The van der Waals surface area contributed by atoms with Crippen LogP contribution in [-0.2, 0) is 0 Å². The van der Waals surface area contributed by atoms with Gasteiger partial charge in [-0.3, -0.25) is 0 Å². The lowest BCUT2D eigenvalue weighted by molar-refractivity contribution is 0.249. The normalized spacial score (nSPS) is 11.8. The first kappa shape index (κ1) is 13.4. The van der Waals surface area contributed by atoms with Crippen molar-refractivity contribution in [1.29, 1.82) is 0 Å². The number of carbonyl (C=O) groups is 1. The fraction of sp³-hybridized carbons (Fsp3) is 0.462. The first-order valence-electron chi connectivity index (χ1n) is 5.87. The summed E-state index contributed by atoms with van der Waals surface area (Å²) in [6, 6.07) is 7.77. The molecule has 0 radical (unpaired) electrons. The van der Waals surface area contributed by atoms with Crippen molar-refractivity contribution in [3.8, 4) is 0 Å². The molecule has 4 heteroatoms. The van der Waals surface area contributed by atoms with Gasteiger partial charge in [0.25, 0.3) is 0 Å². The Morgan fingerprint density at radius 3 is 2.71 bits per heavy atom. The third-order valence-electron chi connectivity index (χ3n) is 2.61. The molecule has 0 aliphatic rings. The van der Waals surface area contributed by atoms with E-state index >= 15 is 0 Å². The van der Waals surface area contributed by atoms with Crippen molar-refractivity contribution < 1.29 is 4.79 Å². The van der Waals surface area contributed by atoms with Crippen LogP contribution in [0.15, 0.2) is 24.3 Å². The molecule has 0 aromatic heterocycles. The summed E-state index contributed by atoms with van der Waals surface area (Å²) in [5, 5.41) is 5.69. The van der Waals surface area contributed by atoms with Crippen LogP contribution in [0.1, 0.15) is 20.3 Å². The highest BCUT2D eigenvalue weighted by Gasteiger charge is 2.05. The molecule has 2 N–H and O–H groups in total. The van der Waals surface area contributed by atoms with E-state index in [1.54, 1.807) is 0 Å². The largest absolute Gasteiger partial charge is 0.378 e. The summed E-state index contributed by atoms with van der Waals surface area (Å²) < 4.78 is 0. The lowest BCUT2D eigenvalue weighted by atomic mass is 10.2. The summed E-state index contributed by atoms with van der Waals surface area (Å²) in [6.07, 6.45) is 0.922. The number of benzene rings is 1. The fourth-order valence-corrected chi connectivity index (χ4v) is 1.35. The molecule has 0 aliphatic heterocycles. The Morgan fingerprint density at radius 1 is 1.41 bits per heavy atom. The monoisotopic (exact) mass is 235 g/mol. The van der Waals surface area contributed by atoms with Crippen LogP contribution in [0.2, 0.25) is 0 Å². The van der Waals surface area contributed by atoms with E-state index in [2.05, 4.69) is 10.6 Å². The summed E-state index contributed by atoms with van der Waals surface area (Å²) in [5.74, 6) is 0. The third-order valence-corrected chi connectivity index (χ3v) is 2.61. The number of anilines is 2. The smallest absolute Gasteiger partial charge is 0.319 e. The molecule has 0 aliphatic carbocycles. The number of urea groups is 1. The van der Waals surface area contributed by atoms with Crippen LogP contribution in [0.5, 0.6) is 0 Å². The zero-order chi connectivity index (χ0) is 12.8. The SMILES string of the molecule is CCC(C)NC(=O)Nc1cccc(N(C)C)c1. The number of carbonyl (C=O) groups excluding carboxylic acids is 1. The lowest BCUT2D eigenvalue weighted by Crippen LogP contribution is -2.35. The summed E-state index contributed by atoms with van der Waals surface area (Å²) in [5.41, 5.74) is 1.86. The first-order chi connectivity index (χ1) is 8.02. The van der Waals surface area contributed by atoms with Crippen LogP contribution in [0, 0.1) is 0 Å². The lowest BCUT2D eigenvalue weighted by Gasteiger charge is -2.15. The Morgan fingerprint density at radius 2 is 2.12 bits per heavy atom. The minimum atomic E-state index is -0.157. The minimum Gasteiger partial charge on any atom is -0.378 e. The average molecular weight is 235 g/mol. The van der Waals surface area contributed by atoms with Crippen LogP contribution < -0.4 is 15.5 Å². The van der Waals surface area contributed by atoms with E-state index in [9.17, 15) is 4.79 Å². The number of hydrogen-bond donors (Lipinski definition) is 2. The Kier molecular flexibility index (Phi) is 4.82. The highest BCUT2D eigenvalue weighted by molar-refractivity contribution is 5.90. The molecule has 0 bridgehead atoms. The van der Waals surface area contributed by atoms with Crippen LogP contribution in [0.25, 0.3) is 0 Å².